The Bertz CT molecular complexity index is 1990. The summed E-state index contributed by atoms with van der Waals surface area (Å²) < 4.78 is 2.26. The molecule has 38 heavy (non-hydrogen) atoms. The summed E-state index contributed by atoms with van der Waals surface area (Å²) in [7, 11) is 0. The molecule has 6 rings (SSSR count). The highest BCUT2D eigenvalue weighted by atomic mass is 16.2. The fourth-order valence-corrected chi connectivity index (χ4v) is 4.85. The Morgan fingerprint density at radius 2 is 0.921 bits per heavy atom. The SMILES string of the molecule is Cc1ccccc1-n1c(=O)[nH]c2ccc(-c3ccc4[nH]c(=O)n(-c5ccccc5C)c(=O)c4c3)cc2c1=O. The highest BCUT2D eigenvalue weighted by Gasteiger charge is 2.15. The van der Waals surface area contributed by atoms with Crippen molar-refractivity contribution < 1.29 is 0 Å². The second-order valence-corrected chi connectivity index (χ2v) is 9.24. The van der Waals surface area contributed by atoms with E-state index in [1.807, 2.05) is 38.1 Å². The second-order valence-electron chi connectivity index (χ2n) is 9.24. The van der Waals surface area contributed by atoms with E-state index < -0.39 is 22.5 Å². The summed E-state index contributed by atoms with van der Waals surface area (Å²) in [5.74, 6) is 0. The van der Waals surface area contributed by atoms with Crippen molar-refractivity contribution in [3.05, 3.63) is 138 Å². The predicted octanol–water partition coefficient (Wildman–Crippen LogP) is 3.96. The molecule has 0 bridgehead atoms. The van der Waals surface area contributed by atoms with E-state index in [9.17, 15) is 19.2 Å². The minimum absolute atomic E-state index is 0.337. The van der Waals surface area contributed by atoms with Crippen molar-refractivity contribution in [2.45, 2.75) is 13.8 Å². The van der Waals surface area contributed by atoms with Crippen LogP contribution in [0.3, 0.4) is 0 Å². The van der Waals surface area contributed by atoms with Crippen molar-refractivity contribution in [2.75, 3.05) is 0 Å². The third kappa shape index (κ3) is 3.62. The van der Waals surface area contributed by atoms with Crippen molar-refractivity contribution in [1.82, 2.24) is 19.1 Å². The highest BCUT2D eigenvalue weighted by molar-refractivity contribution is 5.88. The topological polar surface area (TPSA) is 110 Å². The summed E-state index contributed by atoms with van der Waals surface area (Å²) in [6.07, 6.45) is 0. The third-order valence-corrected chi connectivity index (χ3v) is 6.84. The van der Waals surface area contributed by atoms with Gasteiger partial charge >= 0.3 is 11.4 Å². The predicted molar refractivity (Wildman–Crippen MR) is 149 cm³/mol. The van der Waals surface area contributed by atoms with Gasteiger partial charge in [0.25, 0.3) is 11.1 Å². The lowest BCUT2D eigenvalue weighted by Crippen LogP contribution is -2.34. The Morgan fingerprint density at radius 1 is 0.526 bits per heavy atom. The lowest BCUT2D eigenvalue weighted by Gasteiger charge is -2.11. The van der Waals surface area contributed by atoms with Gasteiger partial charge < -0.3 is 9.97 Å². The lowest BCUT2D eigenvalue weighted by molar-refractivity contribution is 0.893. The van der Waals surface area contributed by atoms with Crippen molar-refractivity contribution in [1.29, 1.82) is 0 Å². The first-order valence-corrected chi connectivity index (χ1v) is 12.0. The minimum Gasteiger partial charge on any atom is -0.306 e. The summed E-state index contributed by atoms with van der Waals surface area (Å²) in [6, 6.07) is 24.7. The lowest BCUT2D eigenvalue weighted by atomic mass is 10.0. The smallest absolute Gasteiger partial charge is 0.306 e. The molecule has 2 N–H and O–H groups in total. The van der Waals surface area contributed by atoms with Crippen LogP contribution in [0.1, 0.15) is 11.1 Å². The highest BCUT2D eigenvalue weighted by Crippen LogP contribution is 2.25. The van der Waals surface area contributed by atoms with Crippen LogP contribution < -0.4 is 22.5 Å². The first-order chi connectivity index (χ1) is 18.3. The van der Waals surface area contributed by atoms with Crippen molar-refractivity contribution in [3.8, 4) is 22.5 Å². The van der Waals surface area contributed by atoms with Crippen LogP contribution in [-0.4, -0.2) is 19.1 Å². The molecule has 0 spiro atoms. The molecular weight excluding hydrogens is 480 g/mol. The maximum absolute atomic E-state index is 13.5. The Balaban J connectivity index is 1.56. The van der Waals surface area contributed by atoms with Crippen LogP contribution in [0.25, 0.3) is 44.3 Å². The largest absolute Gasteiger partial charge is 0.333 e. The first-order valence-electron chi connectivity index (χ1n) is 12.0. The molecule has 4 aromatic carbocycles. The molecule has 186 valence electrons. The van der Waals surface area contributed by atoms with E-state index >= 15 is 0 Å². The number of nitrogens with one attached hydrogen (secondary N) is 2. The molecule has 8 heteroatoms. The number of hydrogen-bond acceptors (Lipinski definition) is 4. The average Bonchev–Trinajstić information content (AvgIpc) is 2.90. The number of benzene rings is 4. The van der Waals surface area contributed by atoms with Crippen molar-refractivity contribution in [2.24, 2.45) is 0 Å². The zero-order valence-corrected chi connectivity index (χ0v) is 20.6. The van der Waals surface area contributed by atoms with Crippen LogP contribution in [0.15, 0.2) is 104 Å². The van der Waals surface area contributed by atoms with Crippen LogP contribution in [0.4, 0.5) is 0 Å². The van der Waals surface area contributed by atoms with Crippen molar-refractivity contribution >= 4 is 21.8 Å². The van der Waals surface area contributed by atoms with Crippen LogP contribution in [-0.2, 0) is 0 Å². The molecule has 8 nitrogen and oxygen atoms in total. The van der Waals surface area contributed by atoms with E-state index in [0.717, 1.165) is 20.3 Å². The van der Waals surface area contributed by atoms with Gasteiger partial charge in [0.2, 0.25) is 0 Å². The third-order valence-electron chi connectivity index (χ3n) is 6.84. The number of fused-ring (bicyclic) bond motifs is 2. The molecule has 0 aliphatic carbocycles. The van der Waals surface area contributed by atoms with E-state index in [1.165, 1.54) is 0 Å². The van der Waals surface area contributed by atoms with E-state index in [0.29, 0.717) is 44.3 Å². The number of para-hydroxylation sites is 2. The van der Waals surface area contributed by atoms with Gasteiger partial charge in [-0.3, -0.25) is 9.59 Å². The number of aryl methyl sites for hydroxylation is 2. The number of aromatic amines is 2. The maximum Gasteiger partial charge on any atom is 0.333 e. The van der Waals surface area contributed by atoms with E-state index in [2.05, 4.69) is 9.97 Å². The summed E-state index contributed by atoms with van der Waals surface area (Å²) in [6.45, 7) is 3.68. The zero-order chi connectivity index (χ0) is 26.6. The molecule has 0 aliphatic heterocycles. The van der Waals surface area contributed by atoms with Gasteiger partial charge in [0, 0.05) is 0 Å². The Labute approximate surface area is 215 Å². The standard InChI is InChI=1S/C30H22N4O4/c1-17-7-3-5-9-25(17)33-27(35)21-15-19(11-13-23(21)31-29(33)37)20-12-14-24-22(16-20)28(36)34(30(38)32-24)26-10-6-4-8-18(26)2/h3-16H,1-2H3,(H,31,37)(H,32,38). The molecule has 2 heterocycles. The molecule has 0 aliphatic rings. The Morgan fingerprint density at radius 3 is 1.32 bits per heavy atom. The molecule has 0 amide bonds. The molecule has 0 unspecified atom stereocenters. The van der Waals surface area contributed by atoms with Crippen LogP contribution >= 0.6 is 0 Å². The zero-order valence-electron chi connectivity index (χ0n) is 20.6. The summed E-state index contributed by atoms with van der Waals surface area (Å²) in [5, 5.41) is 0.675. The molecular formula is C30H22N4O4. The van der Waals surface area contributed by atoms with E-state index in [4.69, 9.17) is 0 Å². The number of aromatic nitrogens is 4. The molecule has 0 radical (unpaired) electrons. The monoisotopic (exact) mass is 502 g/mol. The molecule has 0 fully saturated rings. The van der Waals surface area contributed by atoms with Gasteiger partial charge in [-0.25, -0.2) is 18.7 Å². The van der Waals surface area contributed by atoms with Gasteiger partial charge in [0.05, 0.1) is 33.2 Å². The van der Waals surface area contributed by atoms with E-state index in [1.54, 1.807) is 60.7 Å². The normalized spacial score (nSPS) is 11.3. The van der Waals surface area contributed by atoms with Crippen LogP contribution in [0.5, 0.6) is 0 Å². The van der Waals surface area contributed by atoms with Gasteiger partial charge in [0.1, 0.15) is 0 Å². The molecule has 6 aromatic rings. The number of rotatable bonds is 3. The molecule has 2 aromatic heterocycles. The number of nitrogens with zero attached hydrogens (tertiary/aromatic N) is 2. The number of H-pyrrole nitrogens is 2. The maximum atomic E-state index is 13.5. The second kappa shape index (κ2) is 8.70. The molecule has 0 saturated carbocycles. The van der Waals surface area contributed by atoms with Gasteiger partial charge in [-0.2, -0.15) is 0 Å². The summed E-state index contributed by atoms with van der Waals surface area (Å²) in [5.41, 5.74) is 2.91. The Kier molecular flexibility index (Phi) is 5.31. The summed E-state index contributed by atoms with van der Waals surface area (Å²) >= 11 is 0. The molecule has 0 atom stereocenters. The first kappa shape index (κ1) is 23.2. The Hall–Kier alpha value is -5.24. The molecule has 0 saturated heterocycles. The van der Waals surface area contributed by atoms with Crippen LogP contribution in [0.2, 0.25) is 0 Å². The fourth-order valence-electron chi connectivity index (χ4n) is 4.85. The van der Waals surface area contributed by atoms with Gasteiger partial charge in [0.15, 0.2) is 0 Å². The fraction of sp³-hybridized carbons (Fsp3) is 0.0667. The summed E-state index contributed by atoms with van der Waals surface area (Å²) in [4.78, 5) is 58.1. The van der Waals surface area contributed by atoms with E-state index in [-0.39, 0.29) is 0 Å². The van der Waals surface area contributed by atoms with Crippen LogP contribution in [0, 0.1) is 13.8 Å². The van der Waals surface area contributed by atoms with Crippen molar-refractivity contribution in [3.63, 3.8) is 0 Å². The van der Waals surface area contributed by atoms with Gasteiger partial charge in [-0.15, -0.1) is 0 Å². The van der Waals surface area contributed by atoms with Gasteiger partial charge in [-0.05, 0) is 72.5 Å². The van der Waals surface area contributed by atoms with Gasteiger partial charge in [-0.1, -0.05) is 48.5 Å². The minimum atomic E-state index is -0.518. The number of hydrogen-bond donors (Lipinski definition) is 2. The quantitative estimate of drug-likeness (QED) is 0.382. The average molecular weight is 503 g/mol.